The maximum absolute atomic E-state index is 15.1. The predicted octanol–water partition coefficient (Wildman–Crippen LogP) is 7.93. The van der Waals surface area contributed by atoms with Gasteiger partial charge in [0.2, 0.25) is 11.8 Å². The number of hydrogen-bond acceptors (Lipinski definition) is 4. The van der Waals surface area contributed by atoms with Gasteiger partial charge in [-0.25, -0.2) is 8.78 Å². The van der Waals surface area contributed by atoms with Crippen LogP contribution < -0.4 is 15.5 Å². The molecular weight excluding hydrogens is 656 g/mol. The van der Waals surface area contributed by atoms with E-state index >= 15 is 4.39 Å². The number of carbonyl (C=O) groups is 3. The number of halogens is 7. The van der Waals surface area contributed by atoms with E-state index in [9.17, 15) is 18.8 Å². The summed E-state index contributed by atoms with van der Waals surface area (Å²) in [5, 5.41) is 14.2. The molecule has 0 saturated heterocycles. The molecule has 0 heterocycles. The lowest BCUT2D eigenvalue weighted by molar-refractivity contribution is -0.118. The molecule has 0 unspecified atom stereocenters. The van der Waals surface area contributed by atoms with E-state index in [0.717, 1.165) is 19.2 Å². The van der Waals surface area contributed by atoms with Gasteiger partial charge in [0.25, 0.3) is 5.91 Å². The molecule has 14 heteroatoms. The maximum Gasteiger partial charge on any atom is 0.257 e. The molecular formula is C28H21Cl5F2N4O3. The minimum absolute atomic E-state index is 0.0408. The summed E-state index contributed by atoms with van der Waals surface area (Å²) in [7, 11) is 1.09. The lowest BCUT2D eigenvalue weighted by Gasteiger charge is -2.19. The third-order valence-electron chi connectivity index (χ3n) is 6.24. The number of nitriles is 1. The monoisotopic (exact) mass is 674 g/mol. The SMILES string of the molecule is C=C(/C=C\C(Cl)=C(/C)Cl)[C@H]1[C@H](C(=O)Nc2ccc(Cl)c(C(=O)Nc3ccc(F)c(N(C)C(=O)CC#N)c3F)c2)C1(Cl)Cl. The van der Waals surface area contributed by atoms with Crippen LogP contribution in [-0.4, -0.2) is 29.1 Å². The summed E-state index contributed by atoms with van der Waals surface area (Å²) in [6.45, 7) is 5.50. The number of benzene rings is 2. The first kappa shape index (κ1) is 33.4. The average molecular weight is 677 g/mol. The van der Waals surface area contributed by atoms with Gasteiger partial charge in [0, 0.05) is 23.7 Å². The van der Waals surface area contributed by atoms with Crippen LogP contribution in [0.25, 0.3) is 0 Å². The molecule has 2 N–H and O–H groups in total. The standard InChI is InChI=1S/C28H21Cl5F2N4O3/c1-13(4-6-17(30)14(2)29)22-23(28(22,32)33)27(42)37-15-5-7-18(31)16(12-15)26(41)38-20-9-8-19(34)25(24(20)35)39(3)21(40)10-11-36/h4-9,12,22-23H,1,10H2,2-3H3,(H,37,42)(H,38,41)/b6-4-,17-14-/t22-,23+/m0/s1. The number of amides is 3. The molecule has 3 rings (SSSR count). The fourth-order valence-electron chi connectivity index (χ4n) is 3.96. The lowest BCUT2D eigenvalue weighted by Crippen LogP contribution is -2.28. The molecule has 1 fully saturated rings. The number of nitrogens with one attached hydrogen (secondary N) is 2. The van der Waals surface area contributed by atoms with E-state index in [-0.39, 0.29) is 21.3 Å². The third kappa shape index (κ3) is 7.25. The van der Waals surface area contributed by atoms with E-state index in [1.54, 1.807) is 19.1 Å². The Kier molecular flexibility index (Phi) is 10.7. The van der Waals surface area contributed by atoms with Gasteiger partial charge in [0.05, 0.1) is 33.3 Å². The Morgan fingerprint density at radius 1 is 1.12 bits per heavy atom. The highest BCUT2D eigenvalue weighted by Crippen LogP contribution is 2.62. The zero-order valence-corrected chi connectivity index (χ0v) is 25.7. The van der Waals surface area contributed by atoms with Gasteiger partial charge in [-0.15, -0.1) is 23.2 Å². The fraction of sp³-hybridized carbons (Fsp3) is 0.214. The van der Waals surface area contributed by atoms with Crippen molar-refractivity contribution in [3.63, 3.8) is 0 Å². The summed E-state index contributed by atoms with van der Waals surface area (Å²) in [5.74, 6) is -6.18. The molecule has 0 radical (unpaired) electrons. The molecule has 0 bridgehead atoms. The fourth-order valence-corrected chi connectivity index (χ4v) is 5.14. The molecule has 0 aromatic heterocycles. The second kappa shape index (κ2) is 13.4. The van der Waals surface area contributed by atoms with Gasteiger partial charge in [0.1, 0.15) is 22.3 Å². The number of anilines is 3. The molecule has 220 valence electrons. The van der Waals surface area contributed by atoms with Crippen LogP contribution in [0.3, 0.4) is 0 Å². The summed E-state index contributed by atoms with van der Waals surface area (Å²) in [6, 6.07) is 7.41. The summed E-state index contributed by atoms with van der Waals surface area (Å²) < 4.78 is 28.1. The second-order valence-corrected chi connectivity index (χ2v) is 11.9. The minimum Gasteiger partial charge on any atom is -0.326 e. The van der Waals surface area contributed by atoms with E-state index in [1.165, 1.54) is 24.3 Å². The zero-order valence-electron chi connectivity index (χ0n) is 21.9. The second-order valence-electron chi connectivity index (χ2n) is 9.10. The Hall–Kier alpha value is -3.13. The number of nitrogens with zero attached hydrogens (tertiary/aromatic N) is 2. The van der Waals surface area contributed by atoms with Crippen LogP contribution in [0.4, 0.5) is 25.8 Å². The van der Waals surface area contributed by atoms with Crippen molar-refractivity contribution in [2.75, 3.05) is 22.6 Å². The molecule has 1 saturated carbocycles. The molecule has 3 amide bonds. The Balaban J connectivity index is 1.79. The molecule has 1 aliphatic rings. The van der Waals surface area contributed by atoms with Crippen molar-refractivity contribution >= 4 is 92.8 Å². The summed E-state index contributed by atoms with van der Waals surface area (Å²) in [4.78, 5) is 38.7. The zero-order chi connectivity index (χ0) is 31.5. The van der Waals surface area contributed by atoms with Gasteiger partial charge in [-0.05, 0) is 48.9 Å². The highest BCUT2D eigenvalue weighted by molar-refractivity contribution is 6.53. The van der Waals surface area contributed by atoms with Crippen LogP contribution in [0, 0.1) is 34.8 Å². The van der Waals surface area contributed by atoms with Gasteiger partial charge in [-0.3, -0.25) is 14.4 Å². The Morgan fingerprint density at radius 2 is 1.79 bits per heavy atom. The molecule has 2 aromatic carbocycles. The van der Waals surface area contributed by atoms with Crippen molar-refractivity contribution in [2.45, 2.75) is 17.7 Å². The molecule has 2 aromatic rings. The molecule has 2 atom stereocenters. The minimum atomic E-state index is -1.45. The van der Waals surface area contributed by atoms with Crippen LogP contribution in [0.1, 0.15) is 23.7 Å². The third-order valence-corrected chi connectivity index (χ3v) is 8.22. The summed E-state index contributed by atoms with van der Waals surface area (Å²) in [5.41, 5.74) is -0.782. The summed E-state index contributed by atoms with van der Waals surface area (Å²) >= 11 is 30.7. The van der Waals surface area contributed by atoms with Gasteiger partial charge >= 0.3 is 0 Å². The molecule has 0 aliphatic heterocycles. The molecule has 42 heavy (non-hydrogen) atoms. The van der Waals surface area contributed by atoms with Crippen LogP contribution >= 0.6 is 58.0 Å². The highest BCUT2D eigenvalue weighted by Gasteiger charge is 2.67. The maximum atomic E-state index is 15.1. The molecule has 1 aliphatic carbocycles. The first-order chi connectivity index (χ1) is 19.6. The quantitative estimate of drug-likeness (QED) is 0.208. The topological polar surface area (TPSA) is 102 Å². The van der Waals surface area contributed by atoms with Gasteiger partial charge in [0.15, 0.2) is 5.82 Å². The molecule has 0 spiro atoms. The van der Waals surface area contributed by atoms with E-state index in [0.29, 0.717) is 15.5 Å². The van der Waals surface area contributed by atoms with E-state index in [2.05, 4.69) is 17.2 Å². The van der Waals surface area contributed by atoms with Crippen molar-refractivity contribution in [1.82, 2.24) is 0 Å². The predicted molar refractivity (Wildman–Crippen MR) is 162 cm³/mol. The largest absolute Gasteiger partial charge is 0.326 e. The van der Waals surface area contributed by atoms with Crippen molar-refractivity contribution in [3.05, 3.63) is 86.9 Å². The van der Waals surface area contributed by atoms with Gasteiger partial charge in [-0.1, -0.05) is 47.5 Å². The Labute approximate surface area is 265 Å². The van der Waals surface area contributed by atoms with Crippen LogP contribution in [0.5, 0.6) is 0 Å². The van der Waals surface area contributed by atoms with Crippen molar-refractivity contribution in [3.8, 4) is 6.07 Å². The molecule has 7 nitrogen and oxygen atoms in total. The Bertz CT molecular complexity index is 1580. The van der Waals surface area contributed by atoms with Crippen molar-refractivity contribution in [2.24, 2.45) is 11.8 Å². The Morgan fingerprint density at radius 3 is 2.40 bits per heavy atom. The first-order valence-electron chi connectivity index (χ1n) is 11.9. The smallest absolute Gasteiger partial charge is 0.257 e. The number of carbonyl (C=O) groups excluding carboxylic acids is 3. The summed E-state index contributed by atoms with van der Waals surface area (Å²) in [6.07, 6.45) is 2.44. The van der Waals surface area contributed by atoms with E-state index < -0.39 is 63.3 Å². The number of alkyl halides is 2. The average Bonchev–Trinajstić information content (AvgIpc) is 3.51. The first-order valence-corrected chi connectivity index (χ1v) is 13.8. The number of rotatable bonds is 9. The van der Waals surface area contributed by atoms with Crippen molar-refractivity contribution in [1.29, 1.82) is 5.26 Å². The normalized spacial score (nSPS) is 17.6. The number of allylic oxidation sites excluding steroid dienone is 5. The van der Waals surface area contributed by atoms with Crippen LogP contribution in [-0.2, 0) is 9.59 Å². The number of hydrogen-bond donors (Lipinski definition) is 2. The highest BCUT2D eigenvalue weighted by atomic mass is 35.5. The van der Waals surface area contributed by atoms with Crippen LogP contribution in [0.15, 0.2) is 64.7 Å². The van der Waals surface area contributed by atoms with Gasteiger partial charge < -0.3 is 15.5 Å². The van der Waals surface area contributed by atoms with Gasteiger partial charge in [-0.2, -0.15) is 5.26 Å². The lowest BCUT2D eigenvalue weighted by atomic mass is 10.1. The van der Waals surface area contributed by atoms with Crippen LogP contribution in [0.2, 0.25) is 5.02 Å². The van der Waals surface area contributed by atoms with Crippen molar-refractivity contribution < 1.29 is 23.2 Å². The van der Waals surface area contributed by atoms with E-state index in [1.807, 2.05) is 0 Å². The van der Waals surface area contributed by atoms with E-state index in [4.69, 9.17) is 63.3 Å².